The summed E-state index contributed by atoms with van der Waals surface area (Å²) < 4.78 is 0. The average molecular weight is 234 g/mol. The largest absolute Gasteiger partial charge is 1.00 e. The molecule has 84 valence electrons. The van der Waals surface area contributed by atoms with Crippen LogP contribution in [-0.4, -0.2) is 24.0 Å². The Morgan fingerprint density at radius 3 is 2.60 bits per heavy atom. The van der Waals surface area contributed by atoms with Crippen LogP contribution >= 0.6 is 0 Å². The van der Waals surface area contributed by atoms with Gasteiger partial charge in [0.2, 0.25) is 6.29 Å². The Balaban J connectivity index is 0.00000196. The molecule has 1 aliphatic rings. The summed E-state index contributed by atoms with van der Waals surface area (Å²) in [6.07, 6.45) is 1.81. The SMILES string of the molecule is CCCC1=N[NH+](C)C(C=O)=C1[N+](=O)[O-].[Cl-]. The molecular formula is C8H12ClN3O3. The zero-order valence-corrected chi connectivity index (χ0v) is 9.24. The predicted octanol–water partition coefficient (Wildman–Crippen LogP) is -3.64. The van der Waals surface area contributed by atoms with Gasteiger partial charge < -0.3 is 12.4 Å². The van der Waals surface area contributed by atoms with Gasteiger partial charge in [-0.1, -0.05) is 18.4 Å². The molecule has 1 unspecified atom stereocenters. The minimum absolute atomic E-state index is 0. The maximum atomic E-state index is 10.7. The fraction of sp³-hybridized carbons (Fsp3) is 0.500. The quantitative estimate of drug-likeness (QED) is 0.309. The number of hydrogen-bond donors (Lipinski definition) is 1. The molecule has 0 aromatic carbocycles. The van der Waals surface area contributed by atoms with Crippen molar-refractivity contribution in [3.63, 3.8) is 0 Å². The van der Waals surface area contributed by atoms with Crippen molar-refractivity contribution in [2.24, 2.45) is 5.10 Å². The van der Waals surface area contributed by atoms with Crippen LogP contribution < -0.4 is 17.4 Å². The van der Waals surface area contributed by atoms with E-state index in [-0.39, 0.29) is 23.8 Å². The zero-order valence-electron chi connectivity index (χ0n) is 8.49. The third kappa shape index (κ3) is 2.60. The summed E-state index contributed by atoms with van der Waals surface area (Å²) in [6.45, 7) is 1.91. The number of aldehydes is 1. The molecule has 1 heterocycles. The fourth-order valence-electron chi connectivity index (χ4n) is 1.40. The first-order valence-corrected chi connectivity index (χ1v) is 4.37. The van der Waals surface area contributed by atoms with E-state index in [0.717, 1.165) is 6.42 Å². The Bertz CT molecular complexity index is 338. The van der Waals surface area contributed by atoms with Gasteiger partial charge in [0.05, 0.1) is 12.0 Å². The normalized spacial score (nSPS) is 19.6. The van der Waals surface area contributed by atoms with Gasteiger partial charge in [-0.2, -0.15) is 5.01 Å². The van der Waals surface area contributed by atoms with E-state index in [1.165, 1.54) is 0 Å². The fourth-order valence-corrected chi connectivity index (χ4v) is 1.40. The van der Waals surface area contributed by atoms with Gasteiger partial charge in [0.25, 0.3) is 5.70 Å². The van der Waals surface area contributed by atoms with Crippen LogP contribution in [0, 0.1) is 10.1 Å². The van der Waals surface area contributed by atoms with Crippen molar-refractivity contribution in [1.29, 1.82) is 0 Å². The smallest absolute Gasteiger partial charge is 0.361 e. The first-order valence-electron chi connectivity index (χ1n) is 4.37. The van der Waals surface area contributed by atoms with Gasteiger partial charge in [0.15, 0.2) is 5.71 Å². The summed E-state index contributed by atoms with van der Waals surface area (Å²) in [4.78, 5) is 20.8. The van der Waals surface area contributed by atoms with E-state index in [2.05, 4.69) is 5.10 Å². The number of quaternary nitrogens is 1. The molecule has 0 bridgehead atoms. The lowest BCUT2D eigenvalue weighted by atomic mass is 10.1. The number of nitro groups is 1. The second-order valence-electron chi connectivity index (χ2n) is 3.03. The van der Waals surface area contributed by atoms with Crippen LogP contribution in [0.2, 0.25) is 0 Å². The van der Waals surface area contributed by atoms with Crippen LogP contribution in [-0.2, 0) is 4.79 Å². The molecule has 0 radical (unpaired) electrons. The molecular weight excluding hydrogens is 222 g/mol. The van der Waals surface area contributed by atoms with Crippen LogP contribution in [0.5, 0.6) is 0 Å². The van der Waals surface area contributed by atoms with Crippen LogP contribution in [0.3, 0.4) is 0 Å². The third-order valence-electron chi connectivity index (χ3n) is 2.01. The minimum Gasteiger partial charge on any atom is -1.00 e. The standard InChI is InChI=1S/C8H11N3O3.ClH/c1-3-4-6-8(11(13)14)7(5-12)10(2)9-6;/h5H,3-4H2,1-2H3;1H. The minimum atomic E-state index is -0.533. The molecule has 0 saturated carbocycles. The molecule has 7 heteroatoms. The van der Waals surface area contributed by atoms with Crippen molar-refractivity contribution in [1.82, 2.24) is 0 Å². The maximum Gasteiger partial charge on any atom is 0.361 e. The second-order valence-corrected chi connectivity index (χ2v) is 3.03. The van der Waals surface area contributed by atoms with Gasteiger partial charge >= 0.3 is 5.70 Å². The Labute approximate surface area is 93.2 Å². The number of allylic oxidation sites excluding steroid dienone is 2. The summed E-state index contributed by atoms with van der Waals surface area (Å²) in [5.41, 5.74) is 0.398. The van der Waals surface area contributed by atoms with Gasteiger partial charge in [-0.15, -0.1) is 0 Å². The van der Waals surface area contributed by atoms with Crippen LogP contribution in [0.1, 0.15) is 19.8 Å². The number of carbonyl (C=O) groups is 1. The van der Waals surface area contributed by atoms with E-state index < -0.39 is 4.92 Å². The van der Waals surface area contributed by atoms with Crippen molar-refractivity contribution in [3.8, 4) is 0 Å². The van der Waals surface area contributed by atoms with E-state index in [9.17, 15) is 14.9 Å². The third-order valence-corrected chi connectivity index (χ3v) is 2.01. The summed E-state index contributed by atoms with van der Waals surface area (Å²) in [5.74, 6) is 0. The lowest BCUT2D eigenvalue weighted by Gasteiger charge is -1.94. The van der Waals surface area contributed by atoms with Gasteiger partial charge in [0, 0.05) is 6.42 Å². The van der Waals surface area contributed by atoms with Crippen LogP contribution in [0.15, 0.2) is 16.5 Å². The highest BCUT2D eigenvalue weighted by Gasteiger charge is 2.37. The zero-order chi connectivity index (χ0) is 10.7. The molecule has 1 N–H and O–H groups in total. The topological polar surface area (TPSA) is 77.0 Å². The summed E-state index contributed by atoms with van der Waals surface area (Å²) in [5, 5.41) is 15.2. The maximum absolute atomic E-state index is 10.7. The van der Waals surface area contributed by atoms with E-state index in [1.54, 1.807) is 7.05 Å². The molecule has 0 fully saturated rings. The molecule has 1 aliphatic heterocycles. The van der Waals surface area contributed by atoms with Crippen molar-refractivity contribution in [2.75, 3.05) is 7.05 Å². The molecule has 0 saturated heterocycles. The number of carbonyl (C=O) groups excluding carboxylic acids is 1. The van der Waals surface area contributed by atoms with Gasteiger partial charge in [-0.3, -0.25) is 14.9 Å². The summed E-state index contributed by atoms with van der Waals surface area (Å²) in [7, 11) is 1.61. The first-order chi connectivity index (χ1) is 6.61. The van der Waals surface area contributed by atoms with Crippen molar-refractivity contribution >= 4 is 12.0 Å². The second kappa shape index (κ2) is 5.57. The highest BCUT2D eigenvalue weighted by atomic mass is 35.5. The van der Waals surface area contributed by atoms with E-state index in [1.807, 2.05) is 6.92 Å². The molecule has 15 heavy (non-hydrogen) atoms. The van der Waals surface area contributed by atoms with E-state index in [4.69, 9.17) is 0 Å². The monoisotopic (exact) mass is 233 g/mol. The highest BCUT2D eigenvalue weighted by Crippen LogP contribution is 2.10. The lowest BCUT2D eigenvalue weighted by molar-refractivity contribution is -0.839. The molecule has 0 aromatic rings. The van der Waals surface area contributed by atoms with Crippen LogP contribution in [0.4, 0.5) is 0 Å². The first kappa shape index (κ1) is 13.7. The Morgan fingerprint density at radius 2 is 2.20 bits per heavy atom. The number of nitrogens with zero attached hydrogens (tertiary/aromatic N) is 2. The molecule has 0 spiro atoms. The molecule has 6 nitrogen and oxygen atoms in total. The van der Waals surface area contributed by atoms with Crippen molar-refractivity contribution in [3.05, 3.63) is 21.5 Å². The van der Waals surface area contributed by atoms with E-state index in [0.29, 0.717) is 23.4 Å². The Hall–Kier alpha value is -1.27. The number of halogens is 1. The molecule has 0 amide bonds. The van der Waals surface area contributed by atoms with Crippen molar-refractivity contribution in [2.45, 2.75) is 19.8 Å². The number of rotatable bonds is 4. The molecule has 1 atom stereocenters. The van der Waals surface area contributed by atoms with E-state index >= 15 is 0 Å². The predicted molar refractivity (Wildman–Crippen MR) is 49.3 cm³/mol. The average Bonchev–Trinajstić information content (AvgIpc) is 2.42. The van der Waals surface area contributed by atoms with Crippen LogP contribution in [0.25, 0.3) is 0 Å². The highest BCUT2D eigenvalue weighted by molar-refractivity contribution is 6.02. The molecule has 0 aliphatic carbocycles. The Kier molecular flexibility index (Phi) is 5.10. The molecule has 0 aromatic heterocycles. The van der Waals surface area contributed by atoms with Gasteiger partial charge in [-0.25, -0.2) is 0 Å². The Morgan fingerprint density at radius 1 is 1.60 bits per heavy atom. The van der Waals surface area contributed by atoms with Gasteiger partial charge in [0.1, 0.15) is 0 Å². The lowest BCUT2D eigenvalue weighted by Crippen LogP contribution is -3.01. The number of likely N-dealkylation sites (N-methyl/N-ethyl adjacent to an activating group) is 1. The number of hydrogen-bond acceptors (Lipinski definition) is 4. The molecule has 1 rings (SSSR count). The number of nitrogens with one attached hydrogen (secondary N) is 1. The van der Waals surface area contributed by atoms with Crippen molar-refractivity contribution < 1.29 is 27.1 Å². The summed E-state index contributed by atoms with van der Waals surface area (Å²) >= 11 is 0. The van der Waals surface area contributed by atoms with Gasteiger partial charge in [-0.05, 0) is 0 Å². The summed E-state index contributed by atoms with van der Waals surface area (Å²) in [6, 6.07) is 0.